The molecule has 3 heterocycles. The Morgan fingerprint density at radius 1 is 1.13 bits per heavy atom. The molecule has 5 rings (SSSR count). The molecule has 3 saturated heterocycles. The molecule has 0 radical (unpaired) electrons. The summed E-state index contributed by atoms with van der Waals surface area (Å²) in [5, 5.41) is 12.7. The van der Waals surface area contributed by atoms with Crippen LogP contribution in [0.3, 0.4) is 0 Å². The minimum atomic E-state index is -1.25. The molecule has 10 nitrogen and oxygen atoms in total. The van der Waals surface area contributed by atoms with Crippen LogP contribution in [0.1, 0.15) is 42.9 Å². The molecule has 3 fully saturated rings. The maximum Gasteiger partial charge on any atom is 0.306 e. The van der Waals surface area contributed by atoms with Crippen molar-refractivity contribution in [3.8, 4) is 0 Å². The van der Waals surface area contributed by atoms with Crippen LogP contribution in [0, 0.1) is 11.8 Å². The van der Waals surface area contributed by atoms with Gasteiger partial charge < -0.3 is 29.7 Å². The molecule has 1 spiro atoms. The Hall–Kier alpha value is -3.80. The van der Waals surface area contributed by atoms with Crippen molar-refractivity contribution in [1.29, 1.82) is 0 Å². The first-order chi connectivity index (χ1) is 22.7. The second kappa shape index (κ2) is 15.4. The molecule has 250 valence electrons. The van der Waals surface area contributed by atoms with Gasteiger partial charge in [-0.2, -0.15) is 0 Å². The average Bonchev–Trinajstić information content (AvgIpc) is 3.67. The van der Waals surface area contributed by atoms with Gasteiger partial charge in [-0.05, 0) is 30.4 Å². The molecule has 47 heavy (non-hydrogen) atoms. The first-order valence-electron chi connectivity index (χ1n) is 16.0. The number of aliphatic hydroxyl groups is 1. The number of hydrogen-bond acceptors (Lipinski definition) is 7. The lowest BCUT2D eigenvalue weighted by Gasteiger charge is -2.37. The van der Waals surface area contributed by atoms with Gasteiger partial charge in [0.1, 0.15) is 18.2 Å². The second-order valence-electron chi connectivity index (χ2n) is 12.2. The number of alkyl halides is 1. The number of halogens is 1. The number of benzene rings is 2. The number of rotatable bonds is 16. The van der Waals surface area contributed by atoms with E-state index in [9.17, 15) is 24.3 Å². The van der Waals surface area contributed by atoms with E-state index < -0.39 is 47.5 Å². The predicted octanol–water partition coefficient (Wildman–Crippen LogP) is 3.70. The van der Waals surface area contributed by atoms with Gasteiger partial charge in [0, 0.05) is 37.5 Å². The van der Waals surface area contributed by atoms with Crippen LogP contribution in [0.5, 0.6) is 0 Å². The van der Waals surface area contributed by atoms with Crippen molar-refractivity contribution >= 4 is 39.6 Å². The standard InChI is InChI=1S/C36H42BrN3O7/c1-3-5-17-28(42)46-23-27(25-15-10-7-11-16-25)38-33(43)29-30-34(44)40(19-12-20-41)32(36(30)21-26(37)31(29)47-36)35(45)39(18-4-2)22-24-13-8-6-9-14-24/h3-4,6-11,13-16,26-27,29-32,41H,1-2,5,12,17-23H2,(H,38,43)/t26?,27-,29-,30+,31-,32-,36+/m1/s1. The van der Waals surface area contributed by atoms with E-state index in [1.807, 2.05) is 60.7 Å². The van der Waals surface area contributed by atoms with E-state index in [2.05, 4.69) is 34.4 Å². The molecule has 0 aromatic heterocycles. The molecule has 0 aliphatic carbocycles. The van der Waals surface area contributed by atoms with Crippen LogP contribution < -0.4 is 5.32 Å². The first-order valence-corrected chi connectivity index (χ1v) is 17.0. The number of carbonyl (C=O) groups is 4. The fraction of sp³-hybridized carbons (Fsp3) is 0.444. The Labute approximate surface area is 283 Å². The lowest BCUT2D eigenvalue weighted by molar-refractivity contribution is -0.148. The number of aliphatic hydroxyl groups excluding tert-OH is 1. The third kappa shape index (κ3) is 7.07. The maximum atomic E-state index is 14.5. The summed E-state index contributed by atoms with van der Waals surface area (Å²) in [7, 11) is 0. The SMILES string of the molecule is C=CCCC(=O)OC[C@@H](NC(=O)[C@H]1[C@@H]2O[C@@]3(CC2Br)[C@@H]1C(=O)N(CCCO)[C@@H]3C(=O)N(CC=C)Cc1ccccc1)c1ccccc1. The zero-order valence-electron chi connectivity index (χ0n) is 26.3. The van der Waals surface area contributed by atoms with Crippen molar-refractivity contribution in [1.82, 2.24) is 15.1 Å². The minimum absolute atomic E-state index is 0.0921. The zero-order chi connectivity index (χ0) is 33.6. The number of amides is 3. The van der Waals surface area contributed by atoms with E-state index in [0.717, 1.165) is 11.1 Å². The number of ether oxygens (including phenoxy) is 2. The monoisotopic (exact) mass is 707 g/mol. The maximum absolute atomic E-state index is 14.5. The molecule has 3 aliphatic rings. The van der Waals surface area contributed by atoms with E-state index in [1.165, 1.54) is 4.90 Å². The quantitative estimate of drug-likeness (QED) is 0.155. The molecule has 2 aromatic rings. The number of fused-ring (bicyclic) bond motifs is 1. The van der Waals surface area contributed by atoms with E-state index in [-0.39, 0.29) is 55.8 Å². The van der Waals surface area contributed by atoms with E-state index in [4.69, 9.17) is 9.47 Å². The average molecular weight is 709 g/mol. The van der Waals surface area contributed by atoms with Crippen molar-refractivity contribution in [3.63, 3.8) is 0 Å². The Morgan fingerprint density at radius 2 is 1.83 bits per heavy atom. The van der Waals surface area contributed by atoms with Crippen LogP contribution in [-0.4, -0.2) is 87.5 Å². The summed E-state index contributed by atoms with van der Waals surface area (Å²) in [6.45, 7) is 7.93. The molecule has 3 amide bonds. The number of likely N-dealkylation sites (tertiary alicyclic amines) is 1. The number of allylic oxidation sites excluding steroid dienone is 1. The highest BCUT2D eigenvalue weighted by atomic mass is 79.9. The van der Waals surface area contributed by atoms with Crippen LogP contribution >= 0.6 is 15.9 Å². The fourth-order valence-corrected chi connectivity index (χ4v) is 8.14. The van der Waals surface area contributed by atoms with Gasteiger partial charge in [-0.3, -0.25) is 19.2 Å². The van der Waals surface area contributed by atoms with Crippen molar-refractivity contribution in [3.05, 3.63) is 97.1 Å². The van der Waals surface area contributed by atoms with Crippen LogP contribution in [0.4, 0.5) is 0 Å². The smallest absolute Gasteiger partial charge is 0.306 e. The lowest BCUT2D eigenvalue weighted by atomic mass is 9.70. The number of nitrogens with zero attached hydrogens (tertiary/aromatic N) is 2. The van der Waals surface area contributed by atoms with E-state index >= 15 is 0 Å². The van der Waals surface area contributed by atoms with Crippen LogP contribution in [0.2, 0.25) is 0 Å². The van der Waals surface area contributed by atoms with E-state index in [1.54, 1.807) is 17.1 Å². The van der Waals surface area contributed by atoms with Crippen LogP contribution in [-0.2, 0) is 35.2 Å². The second-order valence-corrected chi connectivity index (χ2v) is 13.4. The van der Waals surface area contributed by atoms with Crippen molar-refractivity contribution < 1.29 is 33.8 Å². The number of carbonyl (C=O) groups excluding carboxylic acids is 4. The van der Waals surface area contributed by atoms with Gasteiger partial charge in [0.2, 0.25) is 17.7 Å². The fourth-order valence-electron chi connectivity index (χ4n) is 7.20. The third-order valence-electron chi connectivity index (χ3n) is 9.24. The summed E-state index contributed by atoms with van der Waals surface area (Å²) in [5.74, 6) is -3.28. The molecule has 11 heteroatoms. The largest absolute Gasteiger partial charge is 0.463 e. The summed E-state index contributed by atoms with van der Waals surface area (Å²) in [6, 6.07) is 17.1. The molecular weight excluding hydrogens is 666 g/mol. The molecule has 3 aliphatic heterocycles. The van der Waals surface area contributed by atoms with Crippen molar-refractivity contribution in [2.24, 2.45) is 11.8 Å². The molecule has 7 atom stereocenters. The van der Waals surface area contributed by atoms with Gasteiger partial charge in [0.05, 0.1) is 24.0 Å². The number of esters is 1. The number of hydrogen-bond donors (Lipinski definition) is 2. The highest BCUT2D eigenvalue weighted by Gasteiger charge is 2.76. The summed E-state index contributed by atoms with van der Waals surface area (Å²) >= 11 is 3.72. The van der Waals surface area contributed by atoms with E-state index in [0.29, 0.717) is 19.4 Å². The molecule has 2 bridgehead atoms. The van der Waals surface area contributed by atoms with Gasteiger partial charge in [0.25, 0.3) is 0 Å². The zero-order valence-corrected chi connectivity index (χ0v) is 27.9. The Balaban J connectivity index is 1.45. The Morgan fingerprint density at radius 3 is 2.49 bits per heavy atom. The van der Waals surface area contributed by atoms with Gasteiger partial charge >= 0.3 is 5.97 Å². The highest BCUT2D eigenvalue weighted by molar-refractivity contribution is 9.09. The van der Waals surface area contributed by atoms with Crippen molar-refractivity contribution in [2.45, 2.75) is 60.8 Å². The van der Waals surface area contributed by atoms with Crippen LogP contribution in [0.25, 0.3) is 0 Å². The Kier molecular flexibility index (Phi) is 11.3. The molecule has 2 aromatic carbocycles. The highest BCUT2D eigenvalue weighted by Crippen LogP contribution is 2.60. The Bertz CT molecular complexity index is 1460. The third-order valence-corrected chi connectivity index (χ3v) is 10.1. The minimum Gasteiger partial charge on any atom is -0.463 e. The number of nitrogens with one attached hydrogen (secondary N) is 1. The topological polar surface area (TPSA) is 125 Å². The summed E-state index contributed by atoms with van der Waals surface area (Å²) in [5.41, 5.74) is 0.412. The van der Waals surface area contributed by atoms with Gasteiger partial charge in [-0.15, -0.1) is 13.2 Å². The van der Waals surface area contributed by atoms with Gasteiger partial charge in [0.15, 0.2) is 0 Å². The van der Waals surface area contributed by atoms with Crippen LogP contribution in [0.15, 0.2) is 86.0 Å². The van der Waals surface area contributed by atoms with Gasteiger partial charge in [-0.1, -0.05) is 88.7 Å². The normalized spacial score (nSPS) is 26.4. The lowest BCUT2D eigenvalue weighted by Crippen LogP contribution is -2.57. The van der Waals surface area contributed by atoms with Gasteiger partial charge in [-0.25, -0.2) is 0 Å². The molecule has 0 saturated carbocycles. The molecule has 1 unspecified atom stereocenters. The molecule has 2 N–H and O–H groups in total. The summed E-state index contributed by atoms with van der Waals surface area (Å²) < 4.78 is 12.2. The predicted molar refractivity (Wildman–Crippen MR) is 179 cm³/mol. The van der Waals surface area contributed by atoms with Crippen molar-refractivity contribution in [2.75, 3.05) is 26.3 Å². The summed E-state index contributed by atoms with van der Waals surface area (Å²) in [6.07, 6.45) is 3.90. The summed E-state index contributed by atoms with van der Waals surface area (Å²) in [4.78, 5) is 58.3. The molecular formula is C36H42BrN3O7. The first kappa shape index (κ1) is 34.5.